The van der Waals surface area contributed by atoms with Crippen molar-refractivity contribution in [2.24, 2.45) is 0 Å². The van der Waals surface area contributed by atoms with Crippen molar-refractivity contribution in [3.63, 3.8) is 0 Å². The third-order valence-electron chi connectivity index (χ3n) is 3.98. The number of hydrogen-bond donors (Lipinski definition) is 1. The highest BCUT2D eigenvalue weighted by Gasteiger charge is 2.23. The van der Waals surface area contributed by atoms with Gasteiger partial charge in [0.1, 0.15) is 11.5 Å². The minimum atomic E-state index is -0.549. The molecule has 2 aromatic rings. The number of anilines is 1. The van der Waals surface area contributed by atoms with Crippen LogP contribution in [0.5, 0.6) is 11.5 Å². The van der Waals surface area contributed by atoms with Crippen molar-refractivity contribution >= 4 is 11.5 Å². The number of aryl methyl sites for hydroxylation is 2. The molecule has 128 valence electrons. The van der Waals surface area contributed by atoms with Gasteiger partial charge in [0, 0.05) is 5.56 Å². The van der Waals surface area contributed by atoms with Crippen LogP contribution in [-0.4, -0.2) is 19.0 Å². The summed E-state index contributed by atoms with van der Waals surface area (Å²) in [5.74, 6) is 1.26. The van der Waals surface area contributed by atoms with Gasteiger partial charge in [0.2, 0.25) is 5.78 Å². The number of methoxy groups -OCH3 is 1. The quantitative estimate of drug-likeness (QED) is 0.607. The number of ether oxygens (including phenoxy) is 2. The molecule has 0 heterocycles. The van der Waals surface area contributed by atoms with E-state index in [0.717, 1.165) is 23.3 Å². The van der Waals surface area contributed by atoms with Crippen LogP contribution >= 0.6 is 0 Å². The zero-order chi connectivity index (χ0) is 17.7. The number of hydrogen-bond acceptors (Lipinski definition) is 4. The molecule has 24 heavy (non-hydrogen) atoms. The highest BCUT2D eigenvalue weighted by Crippen LogP contribution is 2.26. The van der Waals surface area contributed by atoms with Crippen molar-refractivity contribution in [2.45, 2.75) is 39.7 Å². The predicted octanol–water partition coefficient (Wildman–Crippen LogP) is 4.32. The van der Waals surface area contributed by atoms with Crippen molar-refractivity contribution < 1.29 is 14.3 Å². The summed E-state index contributed by atoms with van der Waals surface area (Å²) < 4.78 is 11.2. The van der Waals surface area contributed by atoms with Crippen LogP contribution in [0.25, 0.3) is 0 Å². The van der Waals surface area contributed by atoms with Gasteiger partial charge in [-0.2, -0.15) is 0 Å². The summed E-state index contributed by atoms with van der Waals surface area (Å²) in [7, 11) is 1.61. The lowest BCUT2D eigenvalue weighted by atomic mass is 9.98. The van der Waals surface area contributed by atoms with Crippen LogP contribution in [-0.2, 0) is 0 Å². The van der Waals surface area contributed by atoms with Gasteiger partial charge in [0.25, 0.3) is 0 Å². The Labute approximate surface area is 143 Å². The standard InChI is InChI=1S/C20H25NO3/c1-5-6-19(24-18-10-7-13(2)11-17(18)21)20(22)16-9-8-15(23-4)12-14(16)3/h7-12,19H,5-6,21H2,1-4H3. The van der Waals surface area contributed by atoms with Crippen LogP contribution in [0.2, 0.25) is 0 Å². The largest absolute Gasteiger partial charge is 0.497 e. The predicted molar refractivity (Wildman–Crippen MR) is 97.0 cm³/mol. The topological polar surface area (TPSA) is 61.5 Å². The van der Waals surface area contributed by atoms with Gasteiger partial charge >= 0.3 is 0 Å². The van der Waals surface area contributed by atoms with Crippen LogP contribution in [0.1, 0.15) is 41.3 Å². The summed E-state index contributed by atoms with van der Waals surface area (Å²) in [5.41, 5.74) is 9.16. The Balaban J connectivity index is 2.27. The highest BCUT2D eigenvalue weighted by atomic mass is 16.5. The molecule has 0 amide bonds. The van der Waals surface area contributed by atoms with E-state index in [0.29, 0.717) is 23.4 Å². The molecule has 0 bridgehead atoms. The molecule has 0 aliphatic rings. The molecule has 0 aromatic heterocycles. The molecular weight excluding hydrogens is 302 g/mol. The molecule has 0 saturated carbocycles. The van der Waals surface area contributed by atoms with Crippen molar-refractivity contribution in [3.05, 3.63) is 53.1 Å². The molecule has 2 rings (SSSR count). The SMILES string of the molecule is CCCC(Oc1ccc(C)cc1N)C(=O)c1ccc(OC)cc1C. The first-order valence-corrected chi connectivity index (χ1v) is 8.18. The van der Waals surface area contributed by atoms with Gasteiger partial charge in [-0.1, -0.05) is 19.4 Å². The third kappa shape index (κ3) is 4.07. The van der Waals surface area contributed by atoms with Crippen LogP contribution in [0, 0.1) is 13.8 Å². The molecule has 2 N–H and O–H groups in total. The molecule has 0 aliphatic heterocycles. The van der Waals surface area contributed by atoms with Gasteiger partial charge in [-0.05, 0) is 61.7 Å². The molecule has 0 fully saturated rings. The molecule has 0 aliphatic carbocycles. The summed E-state index contributed by atoms with van der Waals surface area (Å²) in [6.45, 7) is 5.90. The highest BCUT2D eigenvalue weighted by molar-refractivity contribution is 6.01. The Kier molecular flexibility index (Phi) is 5.85. The van der Waals surface area contributed by atoms with E-state index in [2.05, 4.69) is 0 Å². The number of nitrogen functional groups attached to an aromatic ring is 1. The lowest BCUT2D eigenvalue weighted by Crippen LogP contribution is -2.28. The van der Waals surface area contributed by atoms with Gasteiger partial charge in [0.15, 0.2) is 6.10 Å². The van der Waals surface area contributed by atoms with E-state index in [1.807, 2.05) is 45.0 Å². The van der Waals surface area contributed by atoms with E-state index >= 15 is 0 Å². The number of carbonyl (C=O) groups is 1. The van der Waals surface area contributed by atoms with Crippen LogP contribution in [0.3, 0.4) is 0 Å². The van der Waals surface area contributed by atoms with E-state index < -0.39 is 6.10 Å². The first-order chi connectivity index (χ1) is 11.5. The summed E-state index contributed by atoms with van der Waals surface area (Å²) in [4.78, 5) is 12.9. The first-order valence-electron chi connectivity index (χ1n) is 8.18. The summed E-state index contributed by atoms with van der Waals surface area (Å²) in [5, 5.41) is 0. The number of benzene rings is 2. The molecule has 0 saturated heterocycles. The minimum Gasteiger partial charge on any atom is -0.497 e. The lowest BCUT2D eigenvalue weighted by molar-refractivity contribution is 0.0778. The molecule has 0 spiro atoms. The maximum absolute atomic E-state index is 12.9. The molecule has 0 radical (unpaired) electrons. The molecule has 4 heteroatoms. The fourth-order valence-electron chi connectivity index (χ4n) is 2.65. The van der Waals surface area contributed by atoms with Crippen LogP contribution in [0.15, 0.2) is 36.4 Å². The smallest absolute Gasteiger partial charge is 0.203 e. The zero-order valence-corrected chi connectivity index (χ0v) is 14.8. The zero-order valence-electron chi connectivity index (χ0n) is 14.8. The van der Waals surface area contributed by atoms with E-state index in [1.165, 1.54) is 0 Å². The van der Waals surface area contributed by atoms with Gasteiger partial charge in [-0.15, -0.1) is 0 Å². The number of Topliss-reactive ketones (excluding diaryl/α,β-unsaturated/α-hetero) is 1. The van der Waals surface area contributed by atoms with E-state index in [1.54, 1.807) is 19.2 Å². The molecule has 1 atom stereocenters. The van der Waals surface area contributed by atoms with Crippen molar-refractivity contribution in [3.8, 4) is 11.5 Å². The Morgan fingerprint density at radius 1 is 1.17 bits per heavy atom. The van der Waals surface area contributed by atoms with Crippen molar-refractivity contribution in [1.29, 1.82) is 0 Å². The minimum absolute atomic E-state index is 0.0306. The van der Waals surface area contributed by atoms with Crippen LogP contribution < -0.4 is 15.2 Å². The van der Waals surface area contributed by atoms with Gasteiger partial charge in [-0.3, -0.25) is 4.79 Å². The maximum Gasteiger partial charge on any atom is 0.203 e. The van der Waals surface area contributed by atoms with Gasteiger partial charge in [0.05, 0.1) is 12.8 Å². The fourth-order valence-corrected chi connectivity index (χ4v) is 2.65. The number of rotatable bonds is 7. The lowest BCUT2D eigenvalue weighted by Gasteiger charge is -2.20. The van der Waals surface area contributed by atoms with Crippen LogP contribution in [0.4, 0.5) is 5.69 Å². The maximum atomic E-state index is 12.9. The Bertz CT molecular complexity index is 725. The van der Waals surface area contributed by atoms with E-state index in [-0.39, 0.29) is 5.78 Å². The summed E-state index contributed by atoms with van der Waals surface area (Å²) >= 11 is 0. The van der Waals surface area contributed by atoms with E-state index in [4.69, 9.17) is 15.2 Å². The normalized spacial score (nSPS) is 11.8. The second-order valence-corrected chi connectivity index (χ2v) is 5.98. The monoisotopic (exact) mass is 327 g/mol. The first kappa shape index (κ1) is 17.9. The third-order valence-corrected chi connectivity index (χ3v) is 3.98. The Morgan fingerprint density at radius 3 is 2.50 bits per heavy atom. The Morgan fingerprint density at radius 2 is 1.92 bits per heavy atom. The second-order valence-electron chi connectivity index (χ2n) is 5.98. The number of nitrogens with two attached hydrogens (primary N) is 1. The summed E-state index contributed by atoms with van der Waals surface area (Å²) in [6, 6.07) is 11.0. The average Bonchev–Trinajstić information content (AvgIpc) is 2.56. The van der Waals surface area contributed by atoms with Crippen molar-refractivity contribution in [2.75, 3.05) is 12.8 Å². The Hall–Kier alpha value is -2.49. The van der Waals surface area contributed by atoms with Gasteiger partial charge < -0.3 is 15.2 Å². The fraction of sp³-hybridized carbons (Fsp3) is 0.350. The van der Waals surface area contributed by atoms with Gasteiger partial charge in [-0.25, -0.2) is 0 Å². The molecule has 1 unspecified atom stereocenters. The number of ketones is 1. The summed E-state index contributed by atoms with van der Waals surface area (Å²) in [6.07, 6.45) is 0.932. The molecule has 4 nitrogen and oxygen atoms in total. The number of carbonyl (C=O) groups excluding carboxylic acids is 1. The van der Waals surface area contributed by atoms with E-state index in [9.17, 15) is 4.79 Å². The van der Waals surface area contributed by atoms with Crippen molar-refractivity contribution in [1.82, 2.24) is 0 Å². The molecule has 2 aromatic carbocycles. The molecular formula is C20H25NO3. The average molecular weight is 327 g/mol. The second kappa shape index (κ2) is 7.86.